The summed E-state index contributed by atoms with van der Waals surface area (Å²) in [6, 6.07) is 13.9. The Morgan fingerprint density at radius 3 is 2.36 bits per heavy atom. The van der Waals surface area contributed by atoms with Crippen LogP contribution in [-0.4, -0.2) is 11.8 Å². The molecule has 0 aliphatic carbocycles. The largest absolute Gasteiger partial charge is 0.336 e. The zero-order chi connectivity index (χ0) is 16.3. The smallest absolute Gasteiger partial charge is 0.211 e. The third kappa shape index (κ3) is 3.45. The van der Waals surface area contributed by atoms with E-state index in [1.54, 1.807) is 6.07 Å². The number of para-hydroxylation sites is 1. The molecule has 114 valence electrons. The van der Waals surface area contributed by atoms with Crippen molar-refractivity contribution < 1.29 is 9.18 Å². The van der Waals surface area contributed by atoms with Crippen molar-refractivity contribution in [3.63, 3.8) is 0 Å². The number of carbonyl (C=O) groups is 1. The molecule has 0 bridgehead atoms. The quantitative estimate of drug-likeness (QED) is 0.538. The van der Waals surface area contributed by atoms with Crippen LogP contribution in [0.5, 0.6) is 0 Å². The average Bonchev–Trinajstić information content (AvgIpc) is 2.47. The van der Waals surface area contributed by atoms with Crippen LogP contribution in [0.1, 0.15) is 24.2 Å². The fraction of sp³-hybridized carbons (Fsp3) is 0.167. The molecule has 0 aliphatic rings. The summed E-state index contributed by atoms with van der Waals surface area (Å²) >= 11 is 3.19. The first-order chi connectivity index (χ1) is 10.4. The minimum Gasteiger partial charge on any atom is -0.336 e. The molecule has 2 rings (SSSR count). The number of allylic oxidation sites excluding steroid dienone is 1. The third-order valence-electron chi connectivity index (χ3n) is 3.28. The molecule has 0 heterocycles. The molecule has 0 fully saturated rings. The van der Waals surface area contributed by atoms with Gasteiger partial charge in [-0.3, -0.25) is 4.79 Å². The monoisotopic (exact) mass is 361 g/mol. The van der Waals surface area contributed by atoms with Crippen molar-refractivity contribution in [1.82, 2.24) is 0 Å². The summed E-state index contributed by atoms with van der Waals surface area (Å²) < 4.78 is 14.6. The van der Waals surface area contributed by atoms with Gasteiger partial charge in [0.1, 0.15) is 5.82 Å². The highest BCUT2D eigenvalue weighted by Gasteiger charge is 2.23. The number of hydrogen-bond acceptors (Lipinski definition) is 2. The normalized spacial score (nSPS) is 10.6. The van der Waals surface area contributed by atoms with Gasteiger partial charge < -0.3 is 4.90 Å². The Bertz CT molecular complexity index is 697. The average molecular weight is 362 g/mol. The molecule has 2 nitrogen and oxygen atoms in total. The summed E-state index contributed by atoms with van der Waals surface area (Å²) in [5.41, 5.74) is 1.13. The first-order valence-electron chi connectivity index (χ1n) is 6.94. The Morgan fingerprint density at radius 1 is 1.18 bits per heavy atom. The van der Waals surface area contributed by atoms with Crippen molar-refractivity contribution in [1.29, 1.82) is 0 Å². The van der Waals surface area contributed by atoms with Crippen LogP contribution < -0.4 is 4.90 Å². The number of ketones is 1. The van der Waals surface area contributed by atoms with E-state index in [9.17, 15) is 9.18 Å². The predicted molar refractivity (Wildman–Crippen MR) is 91.6 cm³/mol. The van der Waals surface area contributed by atoms with Gasteiger partial charge in [0.15, 0.2) is 0 Å². The predicted octanol–water partition coefficient (Wildman–Crippen LogP) is 5.20. The van der Waals surface area contributed by atoms with E-state index in [-0.39, 0.29) is 17.3 Å². The lowest BCUT2D eigenvalue weighted by molar-refractivity contribution is 0.102. The Labute approximate surface area is 138 Å². The second kappa shape index (κ2) is 6.88. The number of rotatable bonds is 5. The fourth-order valence-corrected chi connectivity index (χ4v) is 2.63. The van der Waals surface area contributed by atoms with Gasteiger partial charge in [-0.1, -0.05) is 40.7 Å². The SMILES string of the molecule is C=C(C(=O)c1ccc(Br)cc1F)N(c1ccccc1)C(C)C. The fourth-order valence-electron chi connectivity index (χ4n) is 2.29. The van der Waals surface area contributed by atoms with Gasteiger partial charge in [-0.25, -0.2) is 4.39 Å². The van der Waals surface area contributed by atoms with Crippen LogP contribution in [-0.2, 0) is 0 Å². The van der Waals surface area contributed by atoms with E-state index in [2.05, 4.69) is 22.5 Å². The van der Waals surface area contributed by atoms with Gasteiger partial charge in [-0.05, 0) is 44.2 Å². The lowest BCUT2D eigenvalue weighted by Gasteiger charge is -2.30. The van der Waals surface area contributed by atoms with E-state index in [0.717, 1.165) is 5.69 Å². The minimum absolute atomic E-state index is 0.0229. The molecule has 2 aromatic carbocycles. The number of Topliss-reactive ketones (excluding diaryl/α,β-unsaturated/α-hetero) is 1. The van der Waals surface area contributed by atoms with Crippen LogP contribution in [0.25, 0.3) is 0 Å². The van der Waals surface area contributed by atoms with Crippen LogP contribution in [0.4, 0.5) is 10.1 Å². The minimum atomic E-state index is -0.558. The van der Waals surface area contributed by atoms with E-state index >= 15 is 0 Å². The first-order valence-corrected chi connectivity index (χ1v) is 7.74. The van der Waals surface area contributed by atoms with Gasteiger partial charge in [-0.2, -0.15) is 0 Å². The number of hydrogen-bond donors (Lipinski definition) is 0. The zero-order valence-electron chi connectivity index (χ0n) is 12.5. The second-order valence-corrected chi connectivity index (χ2v) is 6.11. The lowest BCUT2D eigenvalue weighted by atomic mass is 10.1. The van der Waals surface area contributed by atoms with Crippen LogP contribution in [0.15, 0.2) is 65.3 Å². The van der Waals surface area contributed by atoms with E-state index in [1.165, 1.54) is 12.1 Å². The molecule has 0 saturated carbocycles. The highest BCUT2D eigenvalue weighted by molar-refractivity contribution is 9.10. The lowest BCUT2D eigenvalue weighted by Crippen LogP contribution is -2.33. The molecule has 0 spiro atoms. The summed E-state index contributed by atoms with van der Waals surface area (Å²) in [6.45, 7) is 7.81. The molecule has 0 atom stereocenters. The van der Waals surface area contributed by atoms with Crippen molar-refractivity contribution in [3.05, 3.63) is 76.7 Å². The second-order valence-electron chi connectivity index (χ2n) is 5.20. The van der Waals surface area contributed by atoms with Crippen molar-refractivity contribution in [2.24, 2.45) is 0 Å². The van der Waals surface area contributed by atoms with Crippen molar-refractivity contribution in [2.75, 3.05) is 4.90 Å². The number of halogens is 2. The van der Waals surface area contributed by atoms with Gasteiger partial charge in [0.05, 0.1) is 11.3 Å². The molecule has 4 heteroatoms. The maximum Gasteiger partial charge on any atom is 0.211 e. The maximum absolute atomic E-state index is 14.0. The molecule has 0 aliphatic heterocycles. The Hall–Kier alpha value is -1.94. The van der Waals surface area contributed by atoms with E-state index in [1.807, 2.05) is 49.1 Å². The van der Waals surface area contributed by atoms with Gasteiger partial charge in [0.2, 0.25) is 5.78 Å². The zero-order valence-corrected chi connectivity index (χ0v) is 14.1. The molecular weight excluding hydrogens is 345 g/mol. The summed E-state index contributed by atoms with van der Waals surface area (Å²) in [4.78, 5) is 14.4. The summed E-state index contributed by atoms with van der Waals surface area (Å²) in [6.07, 6.45) is 0. The third-order valence-corrected chi connectivity index (χ3v) is 3.77. The topological polar surface area (TPSA) is 20.3 Å². The van der Waals surface area contributed by atoms with Gasteiger partial charge >= 0.3 is 0 Å². The highest BCUT2D eigenvalue weighted by Crippen LogP contribution is 2.25. The summed E-state index contributed by atoms with van der Waals surface area (Å²) in [7, 11) is 0. The number of nitrogens with zero attached hydrogens (tertiary/aromatic N) is 1. The maximum atomic E-state index is 14.0. The Balaban J connectivity index is 2.37. The highest BCUT2D eigenvalue weighted by atomic mass is 79.9. The van der Waals surface area contributed by atoms with Gasteiger partial charge in [-0.15, -0.1) is 0 Å². The molecular formula is C18H17BrFNO. The van der Waals surface area contributed by atoms with Crippen molar-refractivity contribution >= 4 is 27.4 Å². The number of anilines is 1. The van der Waals surface area contributed by atoms with Gasteiger partial charge in [0, 0.05) is 16.2 Å². The molecule has 0 unspecified atom stereocenters. The van der Waals surface area contributed by atoms with Gasteiger partial charge in [0.25, 0.3) is 0 Å². The van der Waals surface area contributed by atoms with Crippen LogP contribution in [0.2, 0.25) is 0 Å². The first kappa shape index (κ1) is 16.4. The van der Waals surface area contributed by atoms with Crippen LogP contribution in [0.3, 0.4) is 0 Å². The van der Waals surface area contributed by atoms with E-state index < -0.39 is 11.6 Å². The standard InChI is InChI=1S/C18H17BrFNO/c1-12(2)21(15-7-5-4-6-8-15)13(3)18(22)16-10-9-14(19)11-17(16)20/h4-12H,3H2,1-2H3. The Kier molecular flexibility index (Phi) is 5.14. The van der Waals surface area contributed by atoms with Crippen LogP contribution in [0, 0.1) is 5.82 Å². The molecule has 0 aromatic heterocycles. The molecule has 0 saturated heterocycles. The van der Waals surface area contributed by atoms with Crippen LogP contribution >= 0.6 is 15.9 Å². The number of carbonyl (C=O) groups excluding carboxylic acids is 1. The molecule has 0 N–H and O–H groups in total. The summed E-state index contributed by atoms with van der Waals surface area (Å²) in [5.74, 6) is -0.972. The molecule has 2 aromatic rings. The van der Waals surface area contributed by atoms with E-state index in [4.69, 9.17) is 0 Å². The molecule has 0 radical (unpaired) electrons. The van der Waals surface area contributed by atoms with E-state index in [0.29, 0.717) is 4.47 Å². The molecule has 22 heavy (non-hydrogen) atoms. The Morgan fingerprint density at radius 2 is 1.82 bits per heavy atom. The number of benzene rings is 2. The summed E-state index contributed by atoms with van der Waals surface area (Å²) in [5, 5.41) is 0. The van der Waals surface area contributed by atoms with Crippen molar-refractivity contribution in [3.8, 4) is 0 Å². The molecule has 0 amide bonds. The van der Waals surface area contributed by atoms with Crippen molar-refractivity contribution in [2.45, 2.75) is 19.9 Å².